The first kappa shape index (κ1) is 22.2. The van der Waals surface area contributed by atoms with Gasteiger partial charge in [-0.15, -0.1) is 0 Å². The fourth-order valence-corrected chi connectivity index (χ4v) is 5.55. The Morgan fingerprint density at radius 3 is 2.31 bits per heavy atom. The number of carbonyl (C=O) groups is 1. The average molecular weight is 444 g/mol. The van der Waals surface area contributed by atoms with E-state index in [0.29, 0.717) is 28.1 Å². The Bertz CT molecular complexity index is 846. The van der Waals surface area contributed by atoms with Crippen molar-refractivity contribution in [3.63, 3.8) is 0 Å². The van der Waals surface area contributed by atoms with E-state index in [1.165, 1.54) is 6.26 Å². The number of nitrogens with zero attached hydrogens (tertiary/aromatic N) is 3. The fourth-order valence-electron chi connectivity index (χ4n) is 4.24. The van der Waals surface area contributed by atoms with Crippen molar-refractivity contribution in [2.75, 3.05) is 57.0 Å². The number of sulfone groups is 1. The number of aryl methyl sites for hydroxylation is 1. The van der Waals surface area contributed by atoms with Gasteiger partial charge >= 0.3 is 6.09 Å². The number of ether oxygens (including phenoxy) is 1. The predicted octanol–water partition coefficient (Wildman–Crippen LogP) is 2.79. The molecule has 0 aliphatic carbocycles. The second-order valence-corrected chi connectivity index (χ2v) is 10.2. The molecule has 0 unspecified atom stereocenters. The van der Waals surface area contributed by atoms with Crippen LogP contribution < -0.4 is 4.90 Å². The molecule has 2 saturated heterocycles. The quantitative estimate of drug-likeness (QED) is 0.712. The Morgan fingerprint density at radius 2 is 1.76 bits per heavy atom. The minimum Gasteiger partial charge on any atom is -0.450 e. The summed E-state index contributed by atoms with van der Waals surface area (Å²) in [5.74, 6) is 0. The number of benzene rings is 1. The Balaban J connectivity index is 1.60. The number of halogens is 1. The Hall–Kier alpha value is -1.51. The molecule has 0 N–H and O–H groups in total. The zero-order chi connectivity index (χ0) is 21.2. The largest absolute Gasteiger partial charge is 0.450 e. The molecule has 0 saturated carbocycles. The zero-order valence-corrected chi connectivity index (χ0v) is 18.9. The fraction of sp³-hybridized carbons (Fsp3) is 0.650. The number of hydrogen-bond acceptors (Lipinski definition) is 6. The topological polar surface area (TPSA) is 70.2 Å². The van der Waals surface area contributed by atoms with Crippen molar-refractivity contribution in [2.24, 2.45) is 0 Å². The molecular formula is C20H30ClN3O4S. The summed E-state index contributed by atoms with van der Waals surface area (Å²) in [5, 5.41) is 0.589. The van der Waals surface area contributed by atoms with Crippen LogP contribution in [0, 0.1) is 6.92 Å². The molecule has 0 bridgehead atoms. The van der Waals surface area contributed by atoms with Gasteiger partial charge < -0.3 is 14.5 Å². The Morgan fingerprint density at radius 1 is 1.14 bits per heavy atom. The van der Waals surface area contributed by atoms with Crippen LogP contribution in [0.1, 0.15) is 25.3 Å². The van der Waals surface area contributed by atoms with Gasteiger partial charge in [-0.05, 0) is 44.4 Å². The zero-order valence-electron chi connectivity index (χ0n) is 17.4. The molecule has 1 aromatic rings. The van der Waals surface area contributed by atoms with Crippen molar-refractivity contribution in [3.8, 4) is 0 Å². The van der Waals surface area contributed by atoms with Gasteiger partial charge in [-0.2, -0.15) is 0 Å². The molecule has 3 rings (SSSR count). The third-order valence-electron chi connectivity index (χ3n) is 5.81. The van der Waals surface area contributed by atoms with Crippen molar-refractivity contribution in [1.82, 2.24) is 9.80 Å². The number of hydrogen-bond donors (Lipinski definition) is 0. The molecule has 0 aromatic heterocycles. The maximum Gasteiger partial charge on any atom is 0.409 e. The van der Waals surface area contributed by atoms with E-state index in [-0.39, 0.29) is 6.09 Å². The second kappa shape index (κ2) is 9.10. The van der Waals surface area contributed by atoms with E-state index < -0.39 is 9.84 Å². The lowest BCUT2D eigenvalue weighted by Gasteiger charge is -2.43. The van der Waals surface area contributed by atoms with Gasteiger partial charge in [-0.1, -0.05) is 11.6 Å². The number of rotatable bonds is 4. The number of likely N-dealkylation sites (tertiary alicyclic amines) is 1. The normalized spacial score (nSPS) is 19.4. The monoisotopic (exact) mass is 443 g/mol. The Labute approximate surface area is 178 Å². The smallest absolute Gasteiger partial charge is 0.409 e. The third-order valence-corrected chi connectivity index (χ3v) is 7.35. The van der Waals surface area contributed by atoms with E-state index in [1.54, 1.807) is 24.0 Å². The van der Waals surface area contributed by atoms with Crippen LogP contribution in [0.3, 0.4) is 0 Å². The Kier molecular flexibility index (Phi) is 6.96. The lowest BCUT2D eigenvalue weighted by Crippen LogP contribution is -2.54. The van der Waals surface area contributed by atoms with Crippen molar-refractivity contribution in [3.05, 3.63) is 22.7 Å². The number of anilines is 1. The van der Waals surface area contributed by atoms with Gasteiger partial charge in [0.1, 0.15) is 0 Å². The standard InChI is InChI=1S/C20H30ClN3O4S/c1-4-28-20(25)24-7-5-16(6-8-24)22-9-11-23(12-10-22)18-14-19(29(3,26)27)15(2)13-17(18)21/h13-14,16H,4-12H2,1-3H3. The van der Waals surface area contributed by atoms with Crippen molar-refractivity contribution < 1.29 is 17.9 Å². The number of carbonyl (C=O) groups excluding carboxylic acids is 1. The van der Waals surface area contributed by atoms with E-state index in [4.69, 9.17) is 16.3 Å². The maximum atomic E-state index is 12.1. The van der Waals surface area contributed by atoms with Crippen LogP contribution >= 0.6 is 11.6 Å². The van der Waals surface area contributed by atoms with E-state index in [1.807, 2.05) is 6.92 Å². The predicted molar refractivity (Wildman–Crippen MR) is 115 cm³/mol. The molecule has 2 heterocycles. The second-order valence-electron chi connectivity index (χ2n) is 7.78. The van der Waals surface area contributed by atoms with Gasteiger partial charge in [0.05, 0.1) is 22.2 Å². The molecule has 0 atom stereocenters. The van der Waals surface area contributed by atoms with E-state index in [2.05, 4.69) is 9.80 Å². The van der Waals surface area contributed by atoms with Gasteiger partial charge in [0.25, 0.3) is 0 Å². The van der Waals surface area contributed by atoms with Crippen LogP contribution in [0.25, 0.3) is 0 Å². The van der Waals surface area contributed by atoms with Crippen molar-refractivity contribution in [1.29, 1.82) is 0 Å². The average Bonchev–Trinajstić information content (AvgIpc) is 2.67. The lowest BCUT2D eigenvalue weighted by molar-refractivity contribution is 0.0729. The first-order valence-corrected chi connectivity index (χ1v) is 12.4. The molecule has 29 heavy (non-hydrogen) atoms. The highest BCUT2D eigenvalue weighted by molar-refractivity contribution is 7.90. The maximum absolute atomic E-state index is 12.1. The molecule has 162 valence electrons. The number of amides is 1. The van der Waals surface area contributed by atoms with Crippen LogP contribution in [0.2, 0.25) is 5.02 Å². The molecule has 1 aromatic carbocycles. The van der Waals surface area contributed by atoms with Crippen molar-refractivity contribution in [2.45, 2.75) is 37.6 Å². The van der Waals surface area contributed by atoms with E-state index in [0.717, 1.165) is 57.8 Å². The molecule has 1 amide bonds. The molecule has 2 fully saturated rings. The van der Waals surface area contributed by atoms with Gasteiger partial charge in [-0.25, -0.2) is 13.2 Å². The summed E-state index contributed by atoms with van der Waals surface area (Å²) in [6.07, 6.45) is 2.91. The SMILES string of the molecule is CCOC(=O)N1CCC(N2CCN(c3cc(S(C)(=O)=O)c(C)cc3Cl)CC2)CC1. The number of piperidine rings is 1. The van der Waals surface area contributed by atoms with Crippen LogP contribution in [-0.4, -0.2) is 82.5 Å². The highest BCUT2D eigenvalue weighted by Crippen LogP contribution is 2.32. The summed E-state index contributed by atoms with van der Waals surface area (Å²) in [4.78, 5) is 18.6. The van der Waals surface area contributed by atoms with Crippen molar-refractivity contribution >= 4 is 33.2 Å². The summed E-state index contributed by atoms with van der Waals surface area (Å²) in [5.41, 5.74) is 1.46. The van der Waals surface area contributed by atoms with Gasteiger partial charge in [-0.3, -0.25) is 4.90 Å². The summed E-state index contributed by atoms with van der Waals surface area (Å²) in [6, 6.07) is 3.91. The molecule has 2 aliphatic heterocycles. The van der Waals surface area contributed by atoms with Crippen LogP contribution in [0.15, 0.2) is 17.0 Å². The molecule has 0 radical (unpaired) electrons. The third kappa shape index (κ3) is 5.16. The van der Waals surface area contributed by atoms with Gasteiger partial charge in [0.2, 0.25) is 0 Å². The minimum absolute atomic E-state index is 0.216. The first-order chi connectivity index (χ1) is 13.7. The highest BCUT2D eigenvalue weighted by Gasteiger charge is 2.30. The number of piperazine rings is 1. The van der Waals surface area contributed by atoms with Crippen LogP contribution in [-0.2, 0) is 14.6 Å². The lowest BCUT2D eigenvalue weighted by atomic mass is 10.0. The minimum atomic E-state index is -3.29. The first-order valence-electron chi connectivity index (χ1n) is 10.1. The molecule has 7 nitrogen and oxygen atoms in total. The molecular weight excluding hydrogens is 414 g/mol. The van der Waals surface area contributed by atoms with E-state index >= 15 is 0 Å². The van der Waals surface area contributed by atoms with Crippen LogP contribution in [0.5, 0.6) is 0 Å². The summed E-state index contributed by atoms with van der Waals surface area (Å²) >= 11 is 6.44. The summed E-state index contributed by atoms with van der Waals surface area (Å²) in [7, 11) is -3.29. The summed E-state index contributed by atoms with van der Waals surface area (Å²) < 4.78 is 29.2. The molecule has 9 heteroatoms. The van der Waals surface area contributed by atoms with Gasteiger partial charge in [0, 0.05) is 51.6 Å². The van der Waals surface area contributed by atoms with Gasteiger partial charge in [0.15, 0.2) is 9.84 Å². The van der Waals surface area contributed by atoms with E-state index in [9.17, 15) is 13.2 Å². The summed E-state index contributed by atoms with van der Waals surface area (Å²) in [6.45, 7) is 8.83. The van der Waals surface area contributed by atoms with Crippen LogP contribution in [0.4, 0.5) is 10.5 Å². The highest BCUT2D eigenvalue weighted by atomic mass is 35.5. The molecule has 2 aliphatic rings. The molecule has 0 spiro atoms.